The highest BCUT2D eigenvalue weighted by molar-refractivity contribution is 6.05. The van der Waals surface area contributed by atoms with E-state index in [0.29, 0.717) is 0 Å². The molecule has 0 saturated carbocycles. The number of anilines is 1. The zero-order chi connectivity index (χ0) is 13.8. The summed E-state index contributed by atoms with van der Waals surface area (Å²) in [6, 6.07) is 10.5. The molecule has 0 bridgehead atoms. The summed E-state index contributed by atoms with van der Waals surface area (Å²) in [5.41, 5.74) is 0.301. The molecule has 2 aromatic rings. The van der Waals surface area contributed by atoms with Crippen LogP contribution in [0.15, 0.2) is 36.4 Å². The second-order valence-corrected chi connectivity index (χ2v) is 3.98. The normalized spacial score (nSPS) is 9.84. The number of nitrogens with one attached hydrogen (secondary N) is 1. The molecule has 0 atom stereocenters. The molecule has 19 heavy (non-hydrogen) atoms. The van der Waals surface area contributed by atoms with Crippen molar-refractivity contribution in [1.29, 1.82) is 0 Å². The lowest BCUT2D eigenvalue weighted by Crippen LogP contribution is -2.13. The van der Waals surface area contributed by atoms with Crippen LogP contribution in [0.5, 0.6) is 0 Å². The number of aromatic carboxylic acids is 1. The van der Waals surface area contributed by atoms with E-state index in [9.17, 15) is 14.7 Å². The van der Waals surface area contributed by atoms with Gasteiger partial charge >= 0.3 is 5.97 Å². The monoisotopic (exact) mass is 253 g/mol. The van der Waals surface area contributed by atoms with Gasteiger partial charge in [-0.1, -0.05) is 30.2 Å². The summed E-state index contributed by atoms with van der Waals surface area (Å²) < 4.78 is 0. The fourth-order valence-corrected chi connectivity index (χ4v) is 1.81. The molecule has 0 unspecified atom stereocenters. The van der Waals surface area contributed by atoms with E-state index in [-0.39, 0.29) is 17.7 Å². The standard InChI is InChI=1S/C15H11NO3/c1-2-5-14(17)16-13-9-11-7-4-3-6-10(11)8-12(13)15(18)19/h1,3-4,6-9H,5H2,(H,16,17)(H,18,19). The third-order valence-corrected chi connectivity index (χ3v) is 2.65. The van der Waals surface area contributed by atoms with Gasteiger partial charge in [-0.25, -0.2) is 4.79 Å². The number of carbonyl (C=O) groups excluding carboxylic acids is 1. The molecule has 2 aromatic carbocycles. The van der Waals surface area contributed by atoms with E-state index in [2.05, 4.69) is 11.2 Å². The van der Waals surface area contributed by atoms with Crippen LogP contribution in [0.2, 0.25) is 0 Å². The molecule has 0 aliphatic carbocycles. The summed E-state index contributed by atoms with van der Waals surface area (Å²) in [5.74, 6) is 0.716. The minimum absolute atomic E-state index is 0.0454. The fraction of sp³-hybridized carbons (Fsp3) is 0.0667. The predicted octanol–water partition coefficient (Wildman–Crippen LogP) is 2.50. The van der Waals surface area contributed by atoms with Crippen LogP contribution in [0, 0.1) is 12.3 Å². The van der Waals surface area contributed by atoms with E-state index < -0.39 is 11.9 Å². The molecular formula is C15H11NO3. The minimum atomic E-state index is -1.10. The molecule has 0 aliphatic heterocycles. The van der Waals surface area contributed by atoms with Gasteiger partial charge in [0.15, 0.2) is 0 Å². The molecule has 0 aromatic heterocycles. The molecule has 1 amide bonds. The molecule has 0 saturated heterocycles. The van der Waals surface area contributed by atoms with Crippen molar-refractivity contribution in [1.82, 2.24) is 0 Å². The third-order valence-electron chi connectivity index (χ3n) is 2.65. The molecule has 0 heterocycles. The Labute approximate surface area is 110 Å². The largest absolute Gasteiger partial charge is 0.478 e. The van der Waals surface area contributed by atoms with Gasteiger partial charge < -0.3 is 10.4 Å². The maximum Gasteiger partial charge on any atom is 0.337 e. The van der Waals surface area contributed by atoms with Gasteiger partial charge in [0.1, 0.15) is 0 Å². The summed E-state index contributed by atoms with van der Waals surface area (Å²) in [6.45, 7) is 0. The minimum Gasteiger partial charge on any atom is -0.478 e. The topological polar surface area (TPSA) is 66.4 Å². The summed E-state index contributed by atoms with van der Waals surface area (Å²) in [7, 11) is 0. The van der Waals surface area contributed by atoms with Gasteiger partial charge in [0, 0.05) is 0 Å². The number of amides is 1. The first-order valence-electron chi connectivity index (χ1n) is 5.61. The van der Waals surface area contributed by atoms with E-state index in [1.54, 1.807) is 6.07 Å². The number of hydrogen-bond donors (Lipinski definition) is 2. The molecule has 0 fully saturated rings. The van der Waals surface area contributed by atoms with E-state index in [1.165, 1.54) is 6.07 Å². The van der Waals surface area contributed by atoms with Crippen LogP contribution in [0.4, 0.5) is 5.69 Å². The van der Waals surface area contributed by atoms with Crippen LogP contribution in [0.1, 0.15) is 16.8 Å². The summed E-state index contributed by atoms with van der Waals surface area (Å²) in [6.07, 6.45) is 4.95. The molecule has 0 radical (unpaired) electrons. The van der Waals surface area contributed by atoms with Gasteiger partial charge in [-0.05, 0) is 22.9 Å². The quantitative estimate of drug-likeness (QED) is 0.826. The van der Waals surface area contributed by atoms with Crippen molar-refractivity contribution >= 4 is 28.3 Å². The Balaban J connectivity index is 2.51. The van der Waals surface area contributed by atoms with Gasteiger partial charge in [0.25, 0.3) is 0 Å². The van der Waals surface area contributed by atoms with E-state index in [4.69, 9.17) is 6.42 Å². The van der Waals surface area contributed by atoms with Crippen molar-refractivity contribution in [2.24, 2.45) is 0 Å². The molecule has 0 aliphatic rings. The SMILES string of the molecule is C#CCC(=O)Nc1cc2ccccc2cc1C(=O)O. The number of rotatable bonds is 3. The Morgan fingerprint density at radius 3 is 2.42 bits per heavy atom. The van der Waals surface area contributed by atoms with Crippen molar-refractivity contribution in [2.45, 2.75) is 6.42 Å². The first-order chi connectivity index (χ1) is 9.11. The average Bonchev–Trinajstić information content (AvgIpc) is 2.38. The van der Waals surface area contributed by atoms with Gasteiger partial charge in [0.2, 0.25) is 5.91 Å². The number of carboxylic acids is 1. The molecule has 2 N–H and O–H groups in total. The van der Waals surface area contributed by atoms with E-state index in [1.807, 2.05) is 24.3 Å². The number of carbonyl (C=O) groups is 2. The predicted molar refractivity (Wildman–Crippen MR) is 73.0 cm³/mol. The zero-order valence-electron chi connectivity index (χ0n) is 10.0. The summed E-state index contributed by atoms with van der Waals surface area (Å²) >= 11 is 0. The van der Waals surface area contributed by atoms with E-state index >= 15 is 0 Å². The second kappa shape index (κ2) is 5.23. The Bertz CT molecular complexity index is 698. The van der Waals surface area contributed by atoms with Crippen molar-refractivity contribution in [3.05, 3.63) is 42.0 Å². The van der Waals surface area contributed by atoms with Crippen molar-refractivity contribution in [2.75, 3.05) is 5.32 Å². The number of terminal acetylenes is 1. The molecular weight excluding hydrogens is 242 g/mol. The van der Waals surface area contributed by atoms with Crippen LogP contribution >= 0.6 is 0 Å². The highest BCUT2D eigenvalue weighted by Crippen LogP contribution is 2.24. The maximum absolute atomic E-state index is 11.5. The lowest BCUT2D eigenvalue weighted by Gasteiger charge is -2.09. The van der Waals surface area contributed by atoms with Gasteiger partial charge in [-0.2, -0.15) is 0 Å². The number of benzene rings is 2. The molecule has 0 spiro atoms. The van der Waals surface area contributed by atoms with E-state index in [0.717, 1.165) is 10.8 Å². The Kier molecular flexibility index (Phi) is 3.48. The van der Waals surface area contributed by atoms with Crippen molar-refractivity contribution < 1.29 is 14.7 Å². The molecule has 4 heteroatoms. The number of hydrogen-bond acceptors (Lipinski definition) is 2. The number of carboxylic acid groups (broad SMARTS) is 1. The summed E-state index contributed by atoms with van der Waals surface area (Å²) in [5, 5.41) is 13.4. The zero-order valence-corrected chi connectivity index (χ0v) is 10.0. The maximum atomic E-state index is 11.5. The lowest BCUT2D eigenvalue weighted by molar-refractivity contribution is -0.115. The first-order valence-corrected chi connectivity index (χ1v) is 5.61. The van der Waals surface area contributed by atoms with Crippen molar-refractivity contribution in [3.63, 3.8) is 0 Å². The van der Waals surface area contributed by atoms with Crippen LogP contribution in [-0.4, -0.2) is 17.0 Å². The average molecular weight is 253 g/mol. The van der Waals surface area contributed by atoms with Crippen LogP contribution < -0.4 is 5.32 Å². The summed E-state index contributed by atoms with van der Waals surface area (Å²) in [4.78, 5) is 22.7. The van der Waals surface area contributed by atoms with Crippen LogP contribution in [0.3, 0.4) is 0 Å². The molecule has 2 rings (SSSR count). The first kappa shape index (κ1) is 12.7. The van der Waals surface area contributed by atoms with Gasteiger partial charge in [-0.3, -0.25) is 4.79 Å². The molecule has 94 valence electrons. The molecule has 4 nitrogen and oxygen atoms in total. The van der Waals surface area contributed by atoms with Gasteiger partial charge in [0.05, 0.1) is 17.7 Å². The third kappa shape index (κ3) is 2.72. The van der Waals surface area contributed by atoms with Gasteiger partial charge in [-0.15, -0.1) is 6.42 Å². The Morgan fingerprint density at radius 1 is 1.21 bits per heavy atom. The number of fused-ring (bicyclic) bond motifs is 1. The smallest absolute Gasteiger partial charge is 0.337 e. The Morgan fingerprint density at radius 2 is 1.84 bits per heavy atom. The van der Waals surface area contributed by atoms with Crippen LogP contribution in [0.25, 0.3) is 10.8 Å². The highest BCUT2D eigenvalue weighted by Gasteiger charge is 2.13. The highest BCUT2D eigenvalue weighted by atomic mass is 16.4. The van der Waals surface area contributed by atoms with Crippen molar-refractivity contribution in [3.8, 4) is 12.3 Å². The fourth-order valence-electron chi connectivity index (χ4n) is 1.81. The Hall–Kier alpha value is -2.80. The lowest BCUT2D eigenvalue weighted by atomic mass is 10.0. The second-order valence-electron chi connectivity index (χ2n) is 3.98. The van der Waals surface area contributed by atoms with Crippen LogP contribution in [-0.2, 0) is 4.79 Å².